The zero-order chi connectivity index (χ0) is 13.8. The predicted octanol–water partition coefficient (Wildman–Crippen LogP) is 1.78. The van der Waals surface area contributed by atoms with Crippen molar-refractivity contribution < 1.29 is 4.79 Å². The van der Waals surface area contributed by atoms with Crippen molar-refractivity contribution in [3.05, 3.63) is 36.9 Å². The molecule has 1 fully saturated rings. The topological polar surface area (TPSA) is 71.0 Å². The van der Waals surface area contributed by atoms with Crippen molar-refractivity contribution in [2.75, 3.05) is 23.3 Å². The summed E-state index contributed by atoms with van der Waals surface area (Å²) in [5.41, 5.74) is 0.916. The molecule has 102 valence electrons. The molecule has 0 aliphatic carbocycles. The largest absolute Gasteiger partial charge is 0.349 e. The number of hydrogen-bond donors (Lipinski definition) is 1. The standard InChI is InChI=1S/C14H15N5O/c20-12-2-1-7-19(9-12)14-8-13(16-10-17-14)18-11-3-5-15-6-4-11/h3-6,8,10H,1-2,7,9H2,(H,15,16,17,18). The van der Waals surface area contributed by atoms with Crippen LogP contribution < -0.4 is 10.2 Å². The van der Waals surface area contributed by atoms with Gasteiger partial charge < -0.3 is 10.2 Å². The van der Waals surface area contributed by atoms with Crippen LogP contribution in [0, 0.1) is 0 Å². The van der Waals surface area contributed by atoms with E-state index in [1.165, 1.54) is 6.33 Å². The van der Waals surface area contributed by atoms with Crippen molar-refractivity contribution in [2.45, 2.75) is 12.8 Å². The Bertz CT molecular complexity index is 602. The Morgan fingerprint density at radius 2 is 2.05 bits per heavy atom. The maximum Gasteiger partial charge on any atom is 0.152 e. The molecule has 3 heterocycles. The van der Waals surface area contributed by atoms with Crippen LogP contribution in [0.5, 0.6) is 0 Å². The average Bonchev–Trinajstić information content (AvgIpc) is 2.49. The maximum absolute atomic E-state index is 11.5. The maximum atomic E-state index is 11.5. The van der Waals surface area contributed by atoms with E-state index in [2.05, 4.69) is 20.3 Å². The number of rotatable bonds is 3. The number of aromatic nitrogens is 3. The second-order valence-electron chi connectivity index (χ2n) is 4.69. The lowest BCUT2D eigenvalue weighted by Gasteiger charge is -2.26. The summed E-state index contributed by atoms with van der Waals surface area (Å²) in [6, 6.07) is 5.59. The van der Waals surface area contributed by atoms with Gasteiger partial charge in [-0.3, -0.25) is 9.78 Å². The monoisotopic (exact) mass is 269 g/mol. The molecule has 0 amide bonds. The first-order valence-corrected chi connectivity index (χ1v) is 6.57. The number of Topliss-reactive ketones (excluding diaryl/α,β-unsaturated/α-hetero) is 1. The van der Waals surface area contributed by atoms with Crippen molar-refractivity contribution in [2.24, 2.45) is 0 Å². The molecular weight excluding hydrogens is 254 g/mol. The fraction of sp³-hybridized carbons (Fsp3) is 0.286. The number of nitrogens with one attached hydrogen (secondary N) is 1. The van der Waals surface area contributed by atoms with Crippen molar-refractivity contribution >= 4 is 23.1 Å². The van der Waals surface area contributed by atoms with Gasteiger partial charge in [0.25, 0.3) is 0 Å². The van der Waals surface area contributed by atoms with E-state index in [1.54, 1.807) is 12.4 Å². The van der Waals surface area contributed by atoms with E-state index >= 15 is 0 Å². The van der Waals surface area contributed by atoms with Crippen LogP contribution in [0.1, 0.15) is 12.8 Å². The molecule has 0 saturated carbocycles. The summed E-state index contributed by atoms with van der Waals surface area (Å²) in [5, 5.41) is 3.19. The van der Waals surface area contributed by atoms with Gasteiger partial charge in [-0.2, -0.15) is 0 Å². The zero-order valence-corrected chi connectivity index (χ0v) is 11.0. The van der Waals surface area contributed by atoms with Crippen LogP contribution in [0.3, 0.4) is 0 Å². The molecule has 1 aliphatic rings. The summed E-state index contributed by atoms with van der Waals surface area (Å²) in [4.78, 5) is 25.9. The highest BCUT2D eigenvalue weighted by atomic mass is 16.1. The number of piperidine rings is 1. The summed E-state index contributed by atoms with van der Waals surface area (Å²) < 4.78 is 0. The SMILES string of the molecule is O=C1CCCN(c2cc(Nc3ccncc3)ncn2)C1. The molecule has 1 saturated heterocycles. The lowest BCUT2D eigenvalue weighted by molar-refractivity contribution is -0.118. The van der Waals surface area contributed by atoms with Gasteiger partial charge in [0.2, 0.25) is 0 Å². The van der Waals surface area contributed by atoms with E-state index < -0.39 is 0 Å². The number of anilines is 3. The van der Waals surface area contributed by atoms with Gasteiger partial charge >= 0.3 is 0 Å². The predicted molar refractivity (Wildman–Crippen MR) is 76.0 cm³/mol. The van der Waals surface area contributed by atoms with E-state index in [0.717, 1.165) is 24.5 Å². The lowest BCUT2D eigenvalue weighted by atomic mass is 10.1. The van der Waals surface area contributed by atoms with E-state index in [1.807, 2.05) is 23.1 Å². The number of hydrogen-bond acceptors (Lipinski definition) is 6. The zero-order valence-electron chi connectivity index (χ0n) is 11.0. The van der Waals surface area contributed by atoms with Gasteiger partial charge in [-0.15, -0.1) is 0 Å². The first-order valence-electron chi connectivity index (χ1n) is 6.57. The van der Waals surface area contributed by atoms with Crippen molar-refractivity contribution in [3.8, 4) is 0 Å². The van der Waals surface area contributed by atoms with Crippen LogP contribution >= 0.6 is 0 Å². The molecule has 0 spiro atoms. The van der Waals surface area contributed by atoms with Gasteiger partial charge in [-0.25, -0.2) is 9.97 Å². The lowest BCUT2D eigenvalue weighted by Crippen LogP contribution is -2.36. The second kappa shape index (κ2) is 5.64. The molecule has 20 heavy (non-hydrogen) atoms. The minimum absolute atomic E-state index is 0.263. The quantitative estimate of drug-likeness (QED) is 0.916. The molecule has 0 atom stereocenters. The third-order valence-corrected chi connectivity index (χ3v) is 3.18. The molecule has 3 rings (SSSR count). The molecule has 0 aromatic carbocycles. The van der Waals surface area contributed by atoms with E-state index in [0.29, 0.717) is 18.8 Å². The van der Waals surface area contributed by atoms with Crippen molar-refractivity contribution in [1.82, 2.24) is 15.0 Å². The molecule has 2 aromatic rings. The molecule has 0 unspecified atom stereocenters. The summed E-state index contributed by atoms with van der Waals surface area (Å²) in [6.45, 7) is 1.29. The Kier molecular flexibility index (Phi) is 3.54. The minimum atomic E-state index is 0.263. The number of ketones is 1. The Balaban J connectivity index is 1.77. The van der Waals surface area contributed by atoms with Crippen LogP contribution in [0.25, 0.3) is 0 Å². The number of carbonyl (C=O) groups is 1. The summed E-state index contributed by atoms with van der Waals surface area (Å²) in [7, 11) is 0. The molecule has 2 aromatic heterocycles. The molecule has 0 bridgehead atoms. The Morgan fingerprint density at radius 3 is 2.85 bits per heavy atom. The normalized spacial score (nSPS) is 15.2. The average molecular weight is 269 g/mol. The molecule has 1 N–H and O–H groups in total. The highest BCUT2D eigenvalue weighted by molar-refractivity contribution is 5.84. The number of carbonyl (C=O) groups excluding carboxylic acids is 1. The van der Waals surface area contributed by atoms with E-state index in [4.69, 9.17) is 0 Å². The van der Waals surface area contributed by atoms with Gasteiger partial charge in [-0.05, 0) is 18.6 Å². The van der Waals surface area contributed by atoms with Crippen molar-refractivity contribution in [1.29, 1.82) is 0 Å². The van der Waals surface area contributed by atoms with Crippen molar-refractivity contribution in [3.63, 3.8) is 0 Å². The van der Waals surface area contributed by atoms with Crippen LogP contribution in [0.4, 0.5) is 17.3 Å². The fourth-order valence-electron chi connectivity index (χ4n) is 2.21. The molecule has 6 heteroatoms. The molecular formula is C14H15N5O. The third-order valence-electron chi connectivity index (χ3n) is 3.18. The highest BCUT2D eigenvalue weighted by Crippen LogP contribution is 2.20. The van der Waals surface area contributed by atoms with Gasteiger partial charge in [-0.1, -0.05) is 0 Å². The molecule has 6 nitrogen and oxygen atoms in total. The van der Waals surface area contributed by atoms with Crippen LogP contribution in [-0.4, -0.2) is 33.8 Å². The first-order chi connectivity index (χ1) is 9.81. The number of pyridine rings is 1. The Labute approximate surface area is 116 Å². The van der Waals surface area contributed by atoms with Gasteiger partial charge in [0.15, 0.2) is 5.78 Å². The highest BCUT2D eigenvalue weighted by Gasteiger charge is 2.18. The van der Waals surface area contributed by atoms with E-state index in [9.17, 15) is 4.79 Å². The van der Waals surface area contributed by atoms with Gasteiger partial charge in [0, 0.05) is 37.1 Å². The Morgan fingerprint density at radius 1 is 1.20 bits per heavy atom. The van der Waals surface area contributed by atoms with Gasteiger partial charge in [0.1, 0.15) is 18.0 Å². The number of nitrogens with zero attached hydrogens (tertiary/aromatic N) is 4. The van der Waals surface area contributed by atoms with Crippen LogP contribution in [0.2, 0.25) is 0 Å². The Hall–Kier alpha value is -2.50. The van der Waals surface area contributed by atoms with Gasteiger partial charge in [0.05, 0.1) is 6.54 Å². The summed E-state index contributed by atoms with van der Waals surface area (Å²) >= 11 is 0. The van der Waals surface area contributed by atoms with Crippen LogP contribution in [0.15, 0.2) is 36.9 Å². The first kappa shape index (κ1) is 12.5. The summed E-state index contributed by atoms with van der Waals surface area (Å²) in [6.07, 6.45) is 6.50. The third kappa shape index (κ3) is 2.90. The fourth-order valence-corrected chi connectivity index (χ4v) is 2.21. The minimum Gasteiger partial charge on any atom is -0.349 e. The van der Waals surface area contributed by atoms with E-state index in [-0.39, 0.29) is 5.78 Å². The van der Waals surface area contributed by atoms with Crippen LogP contribution in [-0.2, 0) is 4.79 Å². The second-order valence-corrected chi connectivity index (χ2v) is 4.69. The molecule has 1 aliphatic heterocycles. The summed E-state index contributed by atoms with van der Waals surface area (Å²) in [5.74, 6) is 1.75. The smallest absolute Gasteiger partial charge is 0.152 e. The molecule has 0 radical (unpaired) electrons.